The number of fused-ring (bicyclic) bond motifs is 12. The lowest BCUT2D eigenvalue weighted by atomic mass is 9.44. The highest BCUT2D eigenvalue weighted by molar-refractivity contribution is 7.80. The Hall–Kier alpha value is -1.03. The molecule has 0 amide bonds. The third-order valence-electron chi connectivity index (χ3n) is 11.3. The molecule has 6 fully saturated rings. The van der Waals surface area contributed by atoms with Crippen LogP contribution in [0.25, 0.3) is 0 Å². The van der Waals surface area contributed by atoms with E-state index < -0.39 is 0 Å². The zero-order chi connectivity index (χ0) is 20.8. The first-order chi connectivity index (χ1) is 14.2. The van der Waals surface area contributed by atoms with Crippen molar-refractivity contribution in [1.29, 1.82) is 0 Å². The normalized spacial score (nSPS) is 59.4. The molecule has 1 heterocycles. The molecule has 6 aliphatic carbocycles. The van der Waals surface area contributed by atoms with E-state index in [1.807, 2.05) is 6.08 Å². The van der Waals surface area contributed by atoms with Crippen molar-refractivity contribution in [2.45, 2.75) is 71.3 Å². The van der Waals surface area contributed by atoms with Gasteiger partial charge in [0.05, 0.1) is 5.92 Å². The van der Waals surface area contributed by atoms with E-state index in [0.29, 0.717) is 41.8 Å². The quantitative estimate of drug-likeness (QED) is 0.443. The van der Waals surface area contributed by atoms with Crippen LogP contribution in [0.15, 0.2) is 11.6 Å². The molecule has 0 aromatic rings. The third-order valence-corrected chi connectivity index (χ3v) is 11.7. The van der Waals surface area contributed by atoms with Gasteiger partial charge in [-0.2, -0.15) is 0 Å². The first-order valence-corrected chi connectivity index (χ1v) is 12.6. The van der Waals surface area contributed by atoms with Crippen molar-refractivity contribution in [3.63, 3.8) is 0 Å². The van der Waals surface area contributed by atoms with Crippen molar-refractivity contribution in [3.05, 3.63) is 11.6 Å². The van der Waals surface area contributed by atoms with Crippen molar-refractivity contribution >= 4 is 28.8 Å². The number of hydrogen-bond donors (Lipinski definition) is 0. The van der Waals surface area contributed by atoms with Crippen molar-refractivity contribution in [3.8, 4) is 0 Å². The Morgan fingerprint density at radius 1 is 1.17 bits per heavy atom. The number of hydrogen-bond acceptors (Lipinski definition) is 4. The predicted molar refractivity (Wildman–Crippen MR) is 117 cm³/mol. The minimum absolute atomic E-state index is 0.0211. The van der Waals surface area contributed by atoms with E-state index in [1.54, 1.807) is 0 Å². The average molecular weight is 425 g/mol. The molecule has 11 atom stereocenters. The van der Waals surface area contributed by atoms with Crippen LogP contribution in [0.5, 0.6) is 0 Å². The molecule has 30 heavy (non-hydrogen) atoms. The van der Waals surface area contributed by atoms with Gasteiger partial charge in [0.25, 0.3) is 0 Å². The molecule has 0 bridgehead atoms. The topological polar surface area (TPSA) is 43.4 Å². The maximum atomic E-state index is 12.6. The summed E-state index contributed by atoms with van der Waals surface area (Å²) in [4.78, 5) is 26.0. The molecule has 0 N–H and O–H groups in total. The number of thiocarbonyl (C=S) groups is 1. The second-order valence-electron chi connectivity index (χ2n) is 12.2. The van der Waals surface area contributed by atoms with E-state index in [2.05, 4.69) is 20.8 Å². The summed E-state index contributed by atoms with van der Waals surface area (Å²) in [5, 5.41) is 0. The predicted octanol–water partition coefficient (Wildman–Crippen LogP) is 4.92. The Kier molecular flexibility index (Phi) is 3.27. The van der Waals surface area contributed by atoms with E-state index in [4.69, 9.17) is 17.0 Å². The first kappa shape index (κ1) is 18.5. The maximum absolute atomic E-state index is 12.6. The molecule has 0 aromatic carbocycles. The molecule has 1 spiro atoms. The highest BCUT2D eigenvalue weighted by Gasteiger charge is 2.81. The van der Waals surface area contributed by atoms with Crippen LogP contribution < -0.4 is 0 Å². The molecule has 4 heteroatoms. The largest absolute Gasteiger partial charge is 0.458 e. The standard InChI is InChI=1S/C26H32O3S/c1-12-11-26(29-23(12)28)20-10-17(20)22-21-16-9-15(16)19-8-14(27)4-7-25(19,13(2)30)18(21)5-6-24(22,26)3/h8,12,15-18,20-22H,4-7,9-11H2,1-3H3/t12?,15-,16+,17-,18+,20+,21-,22+,24+,25+,26+/m1/s1. The summed E-state index contributed by atoms with van der Waals surface area (Å²) in [6.45, 7) is 6.70. The van der Waals surface area contributed by atoms with Gasteiger partial charge in [0, 0.05) is 34.5 Å². The van der Waals surface area contributed by atoms with Gasteiger partial charge in [0.15, 0.2) is 5.78 Å². The lowest BCUT2D eigenvalue weighted by Gasteiger charge is -2.60. The maximum Gasteiger partial charge on any atom is 0.309 e. The molecular weight excluding hydrogens is 392 g/mol. The highest BCUT2D eigenvalue weighted by atomic mass is 32.1. The van der Waals surface area contributed by atoms with Crippen LogP contribution >= 0.6 is 12.2 Å². The van der Waals surface area contributed by atoms with Gasteiger partial charge in [0.1, 0.15) is 5.60 Å². The van der Waals surface area contributed by atoms with E-state index in [-0.39, 0.29) is 28.3 Å². The van der Waals surface area contributed by atoms with Crippen molar-refractivity contribution in [2.75, 3.05) is 0 Å². The Morgan fingerprint density at radius 3 is 2.67 bits per heavy atom. The molecule has 160 valence electrons. The molecule has 1 unspecified atom stereocenters. The van der Waals surface area contributed by atoms with E-state index in [0.717, 1.165) is 36.0 Å². The number of rotatable bonds is 1. The van der Waals surface area contributed by atoms with Crippen LogP contribution in [0.2, 0.25) is 0 Å². The Bertz CT molecular complexity index is 952. The summed E-state index contributed by atoms with van der Waals surface area (Å²) in [5.41, 5.74) is 1.32. The Balaban J connectivity index is 1.35. The Morgan fingerprint density at radius 2 is 1.97 bits per heavy atom. The molecule has 0 aromatic heterocycles. The van der Waals surface area contributed by atoms with Gasteiger partial charge in [-0.15, -0.1) is 0 Å². The zero-order valence-electron chi connectivity index (χ0n) is 18.3. The number of carbonyl (C=O) groups excluding carboxylic acids is 2. The Labute approximate surface area is 184 Å². The number of esters is 1. The molecule has 0 radical (unpaired) electrons. The van der Waals surface area contributed by atoms with Crippen LogP contribution in [-0.4, -0.2) is 22.2 Å². The summed E-state index contributed by atoms with van der Waals surface area (Å²) in [5.74, 6) is 4.98. The van der Waals surface area contributed by atoms with Crippen LogP contribution in [0.1, 0.15) is 65.7 Å². The fraction of sp³-hybridized carbons (Fsp3) is 0.808. The van der Waals surface area contributed by atoms with Crippen molar-refractivity contribution < 1.29 is 14.3 Å². The van der Waals surface area contributed by atoms with Crippen LogP contribution in [0, 0.1) is 58.2 Å². The zero-order valence-corrected chi connectivity index (χ0v) is 19.1. The minimum atomic E-state index is -0.202. The molecule has 7 rings (SSSR count). The first-order valence-electron chi connectivity index (χ1n) is 12.2. The smallest absolute Gasteiger partial charge is 0.309 e. The fourth-order valence-corrected chi connectivity index (χ4v) is 10.6. The summed E-state index contributed by atoms with van der Waals surface area (Å²) >= 11 is 5.98. The lowest BCUT2D eigenvalue weighted by molar-refractivity contribution is -0.176. The van der Waals surface area contributed by atoms with E-state index >= 15 is 0 Å². The van der Waals surface area contributed by atoms with Crippen molar-refractivity contribution in [1.82, 2.24) is 0 Å². The summed E-state index contributed by atoms with van der Waals surface area (Å²) < 4.78 is 6.35. The van der Waals surface area contributed by atoms with Gasteiger partial charge in [-0.1, -0.05) is 31.6 Å². The summed E-state index contributed by atoms with van der Waals surface area (Å²) in [6, 6.07) is 0. The number of ketones is 1. The lowest BCUT2D eigenvalue weighted by Crippen LogP contribution is -2.59. The van der Waals surface area contributed by atoms with E-state index in [9.17, 15) is 9.59 Å². The van der Waals surface area contributed by atoms with Gasteiger partial charge in [-0.25, -0.2) is 0 Å². The highest BCUT2D eigenvalue weighted by Crippen LogP contribution is 2.82. The SMILES string of the molecule is CC(=S)[C@]12CCC(=O)C=C1[C@@H]1C[C@@H]1[C@H]1[C@@H]3[C@@H]4C[C@@H]4[C@@]4(CC(C)C(=O)O4)[C@@]3(C)CC[C@@H]12. The fourth-order valence-electron chi connectivity index (χ4n) is 10.2. The van der Waals surface area contributed by atoms with Crippen LogP contribution in [0.4, 0.5) is 0 Å². The van der Waals surface area contributed by atoms with Gasteiger partial charge in [-0.3, -0.25) is 9.59 Å². The third kappa shape index (κ3) is 1.82. The second kappa shape index (κ2) is 5.30. The molecular formula is C26H32O3S. The number of allylic oxidation sites excluding steroid dienone is 1. The molecule has 3 nitrogen and oxygen atoms in total. The molecule has 1 saturated heterocycles. The minimum Gasteiger partial charge on any atom is -0.458 e. The van der Waals surface area contributed by atoms with Crippen molar-refractivity contribution in [2.24, 2.45) is 58.2 Å². The number of ether oxygens (including phenoxy) is 1. The summed E-state index contributed by atoms with van der Waals surface area (Å²) in [7, 11) is 0. The molecule has 5 saturated carbocycles. The second-order valence-corrected chi connectivity index (χ2v) is 12.8. The van der Waals surface area contributed by atoms with Gasteiger partial charge < -0.3 is 4.74 Å². The van der Waals surface area contributed by atoms with Gasteiger partial charge in [0.2, 0.25) is 0 Å². The molecule has 7 aliphatic rings. The van der Waals surface area contributed by atoms with Crippen LogP contribution in [0.3, 0.4) is 0 Å². The number of carbonyl (C=O) groups is 2. The summed E-state index contributed by atoms with van der Waals surface area (Å²) in [6.07, 6.45) is 9.37. The average Bonchev–Trinajstić information content (AvgIpc) is 3.59. The molecule has 1 aliphatic heterocycles. The van der Waals surface area contributed by atoms with Crippen LogP contribution in [-0.2, 0) is 14.3 Å². The van der Waals surface area contributed by atoms with Gasteiger partial charge >= 0.3 is 5.97 Å². The van der Waals surface area contributed by atoms with Gasteiger partial charge in [-0.05, 0) is 80.6 Å². The van der Waals surface area contributed by atoms with E-state index in [1.165, 1.54) is 24.8 Å². The monoisotopic (exact) mass is 424 g/mol.